The Hall–Kier alpha value is -0.570. The third kappa shape index (κ3) is 3.29. The molecule has 0 aromatic heterocycles. The van der Waals surface area contributed by atoms with Gasteiger partial charge in [-0.1, -0.05) is 6.92 Å². The molecule has 3 heteroatoms. The van der Waals surface area contributed by atoms with E-state index in [-0.39, 0.29) is 17.4 Å². The van der Waals surface area contributed by atoms with Crippen LogP contribution in [0.5, 0.6) is 0 Å². The lowest BCUT2D eigenvalue weighted by atomic mass is 9.97. The van der Waals surface area contributed by atoms with Crippen LogP contribution in [-0.4, -0.2) is 18.0 Å². The van der Waals surface area contributed by atoms with Crippen molar-refractivity contribution >= 4 is 5.91 Å². The van der Waals surface area contributed by atoms with Crippen LogP contribution in [0.3, 0.4) is 0 Å². The average molecular weight is 198 g/mol. The van der Waals surface area contributed by atoms with Crippen molar-refractivity contribution in [2.45, 2.75) is 45.6 Å². The molecule has 0 saturated heterocycles. The minimum atomic E-state index is -0.0224. The third-order valence-electron chi connectivity index (χ3n) is 3.00. The van der Waals surface area contributed by atoms with E-state index in [4.69, 9.17) is 5.73 Å². The molecular weight excluding hydrogens is 176 g/mol. The highest BCUT2D eigenvalue weighted by atomic mass is 16.1. The molecule has 0 aromatic rings. The maximum absolute atomic E-state index is 11.6. The molecule has 1 aliphatic carbocycles. The Morgan fingerprint density at radius 1 is 1.57 bits per heavy atom. The van der Waals surface area contributed by atoms with Crippen LogP contribution in [0.15, 0.2) is 0 Å². The first-order valence-electron chi connectivity index (χ1n) is 5.46. The summed E-state index contributed by atoms with van der Waals surface area (Å²) in [7, 11) is 0. The van der Waals surface area contributed by atoms with Crippen molar-refractivity contribution in [1.29, 1.82) is 0 Å². The molecule has 1 amide bonds. The van der Waals surface area contributed by atoms with Crippen LogP contribution < -0.4 is 11.1 Å². The fourth-order valence-corrected chi connectivity index (χ4v) is 1.72. The topological polar surface area (TPSA) is 55.1 Å². The van der Waals surface area contributed by atoms with Crippen molar-refractivity contribution in [3.05, 3.63) is 0 Å². The molecular formula is C11H22N2O. The van der Waals surface area contributed by atoms with E-state index in [9.17, 15) is 4.79 Å². The SMILES string of the molecule is CC(CN)CC(=O)NC(C)(C)C1CC1. The maximum atomic E-state index is 11.6. The molecule has 0 aliphatic heterocycles. The standard InChI is InChI=1S/C11H22N2O/c1-8(7-12)6-10(14)13-11(2,3)9-4-5-9/h8-9H,4-7,12H2,1-3H3,(H,13,14). The molecule has 1 atom stereocenters. The third-order valence-corrected chi connectivity index (χ3v) is 3.00. The minimum absolute atomic E-state index is 0.0224. The van der Waals surface area contributed by atoms with E-state index >= 15 is 0 Å². The Kier molecular flexibility index (Phi) is 3.53. The minimum Gasteiger partial charge on any atom is -0.351 e. The molecule has 0 heterocycles. The van der Waals surface area contributed by atoms with E-state index in [0.717, 1.165) is 0 Å². The molecule has 14 heavy (non-hydrogen) atoms. The van der Waals surface area contributed by atoms with Gasteiger partial charge in [0.05, 0.1) is 0 Å². The number of nitrogens with two attached hydrogens (primary N) is 1. The van der Waals surface area contributed by atoms with Crippen molar-refractivity contribution in [1.82, 2.24) is 5.32 Å². The van der Waals surface area contributed by atoms with E-state index in [2.05, 4.69) is 19.2 Å². The van der Waals surface area contributed by atoms with Crippen LogP contribution in [0.4, 0.5) is 0 Å². The van der Waals surface area contributed by atoms with E-state index in [0.29, 0.717) is 18.9 Å². The van der Waals surface area contributed by atoms with E-state index in [1.807, 2.05) is 6.92 Å². The molecule has 0 spiro atoms. The second kappa shape index (κ2) is 4.30. The second-order valence-corrected chi connectivity index (χ2v) is 5.09. The Balaban J connectivity index is 2.32. The molecule has 1 saturated carbocycles. The molecule has 0 bridgehead atoms. The summed E-state index contributed by atoms with van der Waals surface area (Å²) < 4.78 is 0. The molecule has 1 rings (SSSR count). The molecule has 1 unspecified atom stereocenters. The summed E-state index contributed by atoms with van der Waals surface area (Å²) in [5.74, 6) is 1.10. The zero-order chi connectivity index (χ0) is 10.8. The normalized spacial score (nSPS) is 19.1. The van der Waals surface area contributed by atoms with Gasteiger partial charge in [-0.15, -0.1) is 0 Å². The van der Waals surface area contributed by atoms with Gasteiger partial charge in [0, 0.05) is 12.0 Å². The monoisotopic (exact) mass is 198 g/mol. The van der Waals surface area contributed by atoms with Gasteiger partial charge in [0.25, 0.3) is 0 Å². The quantitative estimate of drug-likeness (QED) is 0.699. The highest BCUT2D eigenvalue weighted by molar-refractivity contribution is 5.77. The van der Waals surface area contributed by atoms with Crippen molar-refractivity contribution in [3.8, 4) is 0 Å². The van der Waals surface area contributed by atoms with Crippen molar-refractivity contribution in [2.24, 2.45) is 17.6 Å². The predicted molar refractivity (Wildman–Crippen MR) is 57.8 cm³/mol. The van der Waals surface area contributed by atoms with Gasteiger partial charge in [0.2, 0.25) is 5.91 Å². The molecule has 1 fully saturated rings. The molecule has 3 nitrogen and oxygen atoms in total. The Morgan fingerprint density at radius 2 is 2.14 bits per heavy atom. The largest absolute Gasteiger partial charge is 0.351 e. The number of nitrogens with one attached hydrogen (secondary N) is 1. The Bertz CT molecular complexity index is 209. The molecule has 1 aliphatic rings. The zero-order valence-corrected chi connectivity index (χ0v) is 9.47. The van der Waals surface area contributed by atoms with Gasteiger partial charge < -0.3 is 11.1 Å². The highest BCUT2D eigenvalue weighted by Gasteiger charge is 2.38. The highest BCUT2D eigenvalue weighted by Crippen LogP contribution is 2.39. The van der Waals surface area contributed by atoms with Crippen LogP contribution in [0.25, 0.3) is 0 Å². The zero-order valence-electron chi connectivity index (χ0n) is 9.47. The number of hydrogen-bond donors (Lipinski definition) is 2. The van der Waals surface area contributed by atoms with E-state index in [1.165, 1.54) is 12.8 Å². The fraction of sp³-hybridized carbons (Fsp3) is 0.909. The van der Waals surface area contributed by atoms with Gasteiger partial charge in [-0.05, 0) is 45.1 Å². The number of rotatable bonds is 5. The van der Waals surface area contributed by atoms with Crippen LogP contribution in [0, 0.1) is 11.8 Å². The van der Waals surface area contributed by atoms with Gasteiger partial charge in [-0.25, -0.2) is 0 Å². The first-order chi connectivity index (χ1) is 6.45. The summed E-state index contributed by atoms with van der Waals surface area (Å²) in [5.41, 5.74) is 5.45. The van der Waals surface area contributed by atoms with Crippen molar-refractivity contribution in [2.75, 3.05) is 6.54 Å². The van der Waals surface area contributed by atoms with Crippen molar-refractivity contribution in [3.63, 3.8) is 0 Å². The number of carbonyl (C=O) groups is 1. The van der Waals surface area contributed by atoms with Gasteiger partial charge in [-0.2, -0.15) is 0 Å². The molecule has 0 aromatic carbocycles. The second-order valence-electron chi connectivity index (χ2n) is 5.09. The number of amides is 1. The first kappa shape index (κ1) is 11.5. The number of carbonyl (C=O) groups excluding carboxylic acids is 1. The summed E-state index contributed by atoms with van der Waals surface area (Å²) in [6.45, 7) is 6.80. The van der Waals surface area contributed by atoms with Gasteiger partial charge in [0.15, 0.2) is 0 Å². The molecule has 82 valence electrons. The van der Waals surface area contributed by atoms with E-state index < -0.39 is 0 Å². The summed E-state index contributed by atoms with van der Waals surface area (Å²) in [6, 6.07) is 0. The van der Waals surface area contributed by atoms with Gasteiger partial charge in [-0.3, -0.25) is 4.79 Å². The maximum Gasteiger partial charge on any atom is 0.220 e. The Morgan fingerprint density at radius 3 is 2.57 bits per heavy atom. The van der Waals surface area contributed by atoms with Crippen LogP contribution >= 0.6 is 0 Å². The summed E-state index contributed by atoms with van der Waals surface area (Å²) in [4.78, 5) is 11.6. The van der Waals surface area contributed by atoms with Crippen molar-refractivity contribution < 1.29 is 4.79 Å². The van der Waals surface area contributed by atoms with Crippen LogP contribution in [0.2, 0.25) is 0 Å². The number of hydrogen-bond acceptors (Lipinski definition) is 2. The molecule has 0 radical (unpaired) electrons. The Labute approximate surface area is 86.4 Å². The first-order valence-corrected chi connectivity index (χ1v) is 5.46. The summed E-state index contributed by atoms with van der Waals surface area (Å²) >= 11 is 0. The lowest BCUT2D eigenvalue weighted by molar-refractivity contribution is -0.123. The van der Waals surface area contributed by atoms with Gasteiger partial charge in [0.1, 0.15) is 0 Å². The van der Waals surface area contributed by atoms with E-state index in [1.54, 1.807) is 0 Å². The smallest absolute Gasteiger partial charge is 0.220 e. The van der Waals surface area contributed by atoms with Crippen LogP contribution in [-0.2, 0) is 4.79 Å². The average Bonchev–Trinajstić information content (AvgIpc) is 2.84. The van der Waals surface area contributed by atoms with Gasteiger partial charge >= 0.3 is 0 Å². The lowest BCUT2D eigenvalue weighted by Crippen LogP contribution is -2.45. The molecule has 3 N–H and O–H groups in total. The predicted octanol–water partition coefficient (Wildman–Crippen LogP) is 1.28. The van der Waals surface area contributed by atoms with Crippen LogP contribution in [0.1, 0.15) is 40.0 Å². The summed E-state index contributed by atoms with van der Waals surface area (Å²) in [6.07, 6.45) is 3.05. The fourth-order valence-electron chi connectivity index (χ4n) is 1.72. The lowest BCUT2D eigenvalue weighted by Gasteiger charge is -2.26. The summed E-state index contributed by atoms with van der Waals surface area (Å²) in [5, 5.41) is 3.09.